The van der Waals surface area contributed by atoms with Crippen LogP contribution in [0.4, 0.5) is 0 Å². The van der Waals surface area contributed by atoms with Crippen molar-refractivity contribution in [3.8, 4) is 22.5 Å². The number of aromatic nitrogens is 4. The first-order valence-electron chi connectivity index (χ1n) is 13.0. The number of hydrogen-bond donors (Lipinski definition) is 2. The molecule has 0 bridgehead atoms. The van der Waals surface area contributed by atoms with Crippen LogP contribution in [0.25, 0.3) is 22.5 Å². The molecule has 0 saturated carbocycles. The van der Waals surface area contributed by atoms with Crippen molar-refractivity contribution in [1.29, 1.82) is 0 Å². The Labute approximate surface area is 244 Å². The zero-order valence-electron chi connectivity index (χ0n) is 23.5. The fraction of sp³-hybridized carbons (Fsp3) is 0.333. The Hall–Kier alpha value is -3.62. The van der Waals surface area contributed by atoms with Crippen LogP contribution in [0.5, 0.6) is 0 Å². The third kappa shape index (κ3) is 6.74. The van der Waals surface area contributed by atoms with Gasteiger partial charge >= 0.3 is 0 Å². The lowest BCUT2D eigenvalue weighted by Crippen LogP contribution is -2.38. The maximum absolute atomic E-state index is 13.2. The number of hydrogen-bond acceptors (Lipinski definition) is 4. The highest BCUT2D eigenvalue weighted by molar-refractivity contribution is 6.30. The van der Waals surface area contributed by atoms with E-state index in [0.29, 0.717) is 32.8 Å². The van der Waals surface area contributed by atoms with Crippen molar-refractivity contribution in [2.45, 2.75) is 52.6 Å². The van der Waals surface area contributed by atoms with Crippen LogP contribution in [0, 0.1) is 0 Å². The first-order valence-corrected chi connectivity index (χ1v) is 13.8. The molecule has 2 aromatic heterocycles. The maximum Gasteiger partial charge on any atom is 0.269 e. The van der Waals surface area contributed by atoms with Crippen LogP contribution < -0.4 is 10.6 Å². The van der Waals surface area contributed by atoms with E-state index >= 15 is 0 Å². The molecular formula is C30H34Cl2N6O2. The first kappa shape index (κ1) is 29.4. The molecule has 10 heteroatoms. The van der Waals surface area contributed by atoms with E-state index in [4.69, 9.17) is 23.2 Å². The highest BCUT2D eigenvalue weighted by atomic mass is 35.5. The molecule has 2 amide bonds. The summed E-state index contributed by atoms with van der Waals surface area (Å²) < 4.78 is 3.43. The molecule has 0 aliphatic carbocycles. The molecular weight excluding hydrogens is 547 g/mol. The maximum atomic E-state index is 13.2. The van der Waals surface area contributed by atoms with Gasteiger partial charge in [-0.2, -0.15) is 10.2 Å². The number of carbonyl (C=O) groups excluding carboxylic acids is 2. The van der Waals surface area contributed by atoms with E-state index in [1.807, 2.05) is 65.8 Å². The largest absolute Gasteiger partial charge is 0.349 e. The topological polar surface area (TPSA) is 93.8 Å². The smallest absolute Gasteiger partial charge is 0.269 e. The van der Waals surface area contributed by atoms with Crippen molar-refractivity contribution in [3.63, 3.8) is 0 Å². The number of amides is 2. The molecule has 2 N–H and O–H groups in total. The molecule has 4 rings (SSSR count). The van der Waals surface area contributed by atoms with Gasteiger partial charge in [-0.05, 0) is 77.9 Å². The lowest BCUT2D eigenvalue weighted by molar-refractivity contribution is 0.0909. The Morgan fingerprint density at radius 2 is 0.975 bits per heavy atom. The second kappa shape index (κ2) is 11.5. The molecule has 0 aliphatic heterocycles. The van der Waals surface area contributed by atoms with E-state index in [9.17, 15) is 9.59 Å². The van der Waals surface area contributed by atoms with Crippen LogP contribution in [0.15, 0.2) is 60.7 Å². The summed E-state index contributed by atoms with van der Waals surface area (Å²) in [6, 6.07) is 18.2. The number of nitrogens with one attached hydrogen (secondary N) is 2. The number of halogens is 2. The number of carbonyl (C=O) groups is 2. The minimum Gasteiger partial charge on any atom is -0.349 e. The fourth-order valence-corrected chi connectivity index (χ4v) is 4.42. The third-order valence-corrected chi connectivity index (χ3v) is 6.63. The highest BCUT2D eigenvalue weighted by Gasteiger charge is 2.26. The van der Waals surface area contributed by atoms with E-state index in [2.05, 4.69) is 20.8 Å². The highest BCUT2D eigenvalue weighted by Crippen LogP contribution is 2.26. The normalized spacial score (nSPS) is 11.9. The fourth-order valence-electron chi connectivity index (χ4n) is 4.17. The van der Waals surface area contributed by atoms with Crippen LogP contribution in [-0.2, 0) is 11.1 Å². The third-order valence-electron chi connectivity index (χ3n) is 6.13. The molecule has 0 fully saturated rings. The number of benzene rings is 2. The zero-order valence-corrected chi connectivity index (χ0v) is 25.1. The molecule has 2 heterocycles. The van der Waals surface area contributed by atoms with Gasteiger partial charge in [0.2, 0.25) is 0 Å². The molecule has 0 radical (unpaired) electrons. The van der Waals surface area contributed by atoms with Gasteiger partial charge in [0.05, 0.1) is 22.5 Å². The number of rotatable bonds is 7. The summed E-state index contributed by atoms with van der Waals surface area (Å²) in [7, 11) is 0. The summed E-state index contributed by atoms with van der Waals surface area (Å²) in [5.74, 6) is -0.553. The van der Waals surface area contributed by atoms with E-state index in [1.54, 1.807) is 45.8 Å². The summed E-state index contributed by atoms with van der Waals surface area (Å²) in [6.45, 7) is 12.4. The summed E-state index contributed by atoms with van der Waals surface area (Å²) in [5.41, 5.74) is 3.11. The molecule has 2 aromatic carbocycles. The van der Waals surface area contributed by atoms with Crippen LogP contribution in [-0.4, -0.2) is 44.5 Å². The van der Waals surface area contributed by atoms with Gasteiger partial charge in [-0.3, -0.25) is 19.0 Å². The predicted molar refractivity (Wildman–Crippen MR) is 160 cm³/mol. The molecule has 0 atom stereocenters. The van der Waals surface area contributed by atoms with Gasteiger partial charge in [0, 0.05) is 34.3 Å². The van der Waals surface area contributed by atoms with Crippen molar-refractivity contribution in [2.24, 2.45) is 0 Å². The summed E-state index contributed by atoms with van der Waals surface area (Å²) in [4.78, 5) is 26.3. The summed E-state index contributed by atoms with van der Waals surface area (Å²) in [6.07, 6.45) is 0. The molecule has 0 saturated heterocycles. The van der Waals surface area contributed by atoms with Crippen molar-refractivity contribution in [3.05, 3.63) is 82.1 Å². The van der Waals surface area contributed by atoms with Crippen molar-refractivity contribution in [2.75, 3.05) is 13.1 Å². The van der Waals surface area contributed by atoms with Crippen LogP contribution >= 0.6 is 23.2 Å². The van der Waals surface area contributed by atoms with Gasteiger partial charge in [0.15, 0.2) is 0 Å². The van der Waals surface area contributed by atoms with Crippen LogP contribution in [0.3, 0.4) is 0 Å². The lowest BCUT2D eigenvalue weighted by atomic mass is 10.1. The monoisotopic (exact) mass is 580 g/mol. The molecule has 0 spiro atoms. The van der Waals surface area contributed by atoms with Gasteiger partial charge in [-0.1, -0.05) is 47.5 Å². The number of nitrogens with zero attached hydrogens (tertiary/aromatic N) is 4. The van der Waals surface area contributed by atoms with Gasteiger partial charge in [-0.25, -0.2) is 0 Å². The molecule has 4 aromatic rings. The Morgan fingerprint density at radius 3 is 1.27 bits per heavy atom. The second-order valence-electron chi connectivity index (χ2n) is 11.5. The van der Waals surface area contributed by atoms with Gasteiger partial charge in [-0.15, -0.1) is 0 Å². The van der Waals surface area contributed by atoms with Crippen molar-refractivity contribution < 1.29 is 9.59 Å². The second-order valence-corrected chi connectivity index (χ2v) is 12.4. The Balaban J connectivity index is 1.44. The first-order chi connectivity index (χ1) is 18.7. The van der Waals surface area contributed by atoms with Crippen LogP contribution in [0.2, 0.25) is 10.0 Å². The average Bonchev–Trinajstić information content (AvgIpc) is 3.53. The summed E-state index contributed by atoms with van der Waals surface area (Å²) >= 11 is 12.1. The van der Waals surface area contributed by atoms with Gasteiger partial charge in [0.1, 0.15) is 11.4 Å². The average molecular weight is 582 g/mol. The quantitative estimate of drug-likeness (QED) is 0.248. The van der Waals surface area contributed by atoms with Gasteiger partial charge in [0.25, 0.3) is 11.8 Å². The van der Waals surface area contributed by atoms with Gasteiger partial charge < -0.3 is 10.6 Å². The molecule has 0 aliphatic rings. The molecule has 40 heavy (non-hydrogen) atoms. The standard InChI is InChI=1S/C30H34Cl2N6O2/c1-29(2,3)37-25(17-23(35-37)19-7-11-21(31)12-8-19)27(39)33-15-16-34-28(40)26-18-24(36-38(26)30(4,5)6)20-9-13-22(32)14-10-20/h7-14,17-18H,15-16H2,1-6H3,(H,33,39)(H,34,40). The Morgan fingerprint density at radius 1 is 0.650 bits per heavy atom. The molecule has 0 unspecified atom stereocenters. The van der Waals surface area contributed by atoms with E-state index in [1.165, 1.54) is 0 Å². The van der Waals surface area contributed by atoms with E-state index in [0.717, 1.165) is 11.1 Å². The Bertz CT molecular complexity index is 1390. The lowest BCUT2D eigenvalue weighted by Gasteiger charge is -2.22. The van der Waals surface area contributed by atoms with Crippen LogP contribution in [0.1, 0.15) is 62.5 Å². The van der Waals surface area contributed by atoms with E-state index < -0.39 is 11.1 Å². The zero-order chi connectivity index (χ0) is 29.2. The molecule has 210 valence electrons. The van der Waals surface area contributed by atoms with E-state index in [-0.39, 0.29) is 24.9 Å². The predicted octanol–water partition coefficient (Wildman–Crippen LogP) is 6.39. The van der Waals surface area contributed by atoms with Crippen molar-refractivity contribution >= 4 is 35.0 Å². The minimum atomic E-state index is -0.418. The summed E-state index contributed by atoms with van der Waals surface area (Å²) in [5, 5.41) is 16.4. The van der Waals surface area contributed by atoms with Crippen molar-refractivity contribution in [1.82, 2.24) is 30.2 Å². The Kier molecular flexibility index (Phi) is 8.42. The SMILES string of the molecule is CC(C)(C)n1nc(-c2ccc(Cl)cc2)cc1C(=O)NCCNC(=O)c1cc(-c2ccc(Cl)cc2)nn1C(C)(C)C. The minimum absolute atomic E-state index is 0.240. The molecule has 8 nitrogen and oxygen atoms in total.